The maximum absolute atomic E-state index is 12.5. The van der Waals surface area contributed by atoms with E-state index in [1.54, 1.807) is 0 Å². The second-order valence-corrected chi connectivity index (χ2v) is 7.46. The quantitative estimate of drug-likeness (QED) is 0.385. The number of ketones is 1. The number of Topliss-reactive ketones (excluding diaryl/α,β-unsaturated/α-hetero) is 1. The molecule has 2 aliphatic rings. The molecule has 1 fully saturated rings. The smallest absolute Gasteiger partial charge is 0.229 e. The summed E-state index contributed by atoms with van der Waals surface area (Å²) < 4.78 is 16.6. The Morgan fingerprint density at radius 2 is 1.77 bits per heavy atom. The number of carbonyl (C=O) groups is 1. The number of aliphatic hydroxyl groups excluding tert-OH is 4. The van der Waals surface area contributed by atoms with Crippen molar-refractivity contribution in [2.75, 3.05) is 6.61 Å². The zero-order valence-corrected chi connectivity index (χ0v) is 16.2. The van der Waals surface area contributed by atoms with Crippen LogP contribution in [-0.4, -0.2) is 73.7 Å². The highest BCUT2D eigenvalue weighted by molar-refractivity contribution is 6.00. The van der Waals surface area contributed by atoms with Gasteiger partial charge in [0.25, 0.3) is 0 Å². The van der Waals surface area contributed by atoms with Gasteiger partial charge in [0.1, 0.15) is 42.0 Å². The maximum Gasteiger partial charge on any atom is 0.229 e. The average molecular weight is 434 g/mol. The number of aromatic hydroxyl groups is 2. The summed E-state index contributed by atoms with van der Waals surface area (Å²) in [6.07, 6.45) is -8.19. The van der Waals surface area contributed by atoms with Crippen LogP contribution in [0.5, 0.6) is 23.0 Å². The number of phenolic OH excluding ortho intramolecular Hbond substituents is 2. The first-order chi connectivity index (χ1) is 14.8. The number of benzene rings is 2. The Morgan fingerprint density at radius 3 is 2.52 bits per heavy atom. The molecule has 31 heavy (non-hydrogen) atoms. The highest BCUT2D eigenvalue weighted by Gasteiger charge is 2.45. The van der Waals surface area contributed by atoms with Gasteiger partial charge in [-0.1, -0.05) is 6.07 Å². The van der Waals surface area contributed by atoms with E-state index >= 15 is 0 Å². The molecule has 0 unspecified atom stereocenters. The summed E-state index contributed by atoms with van der Waals surface area (Å²) in [5.74, 6) is -0.438. The molecule has 4 rings (SSSR count). The van der Waals surface area contributed by atoms with E-state index in [0.29, 0.717) is 11.1 Å². The van der Waals surface area contributed by atoms with Crippen molar-refractivity contribution < 1.29 is 49.6 Å². The van der Waals surface area contributed by atoms with Crippen LogP contribution in [-0.2, 0) is 4.74 Å². The average Bonchev–Trinajstić information content (AvgIpc) is 2.75. The normalized spacial score (nSPS) is 30.4. The lowest BCUT2D eigenvalue weighted by Crippen LogP contribution is -2.60. The van der Waals surface area contributed by atoms with Crippen LogP contribution in [0.2, 0.25) is 0 Å². The molecular weight excluding hydrogens is 412 g/mol. The van der Waals surface area contributed by atoms with Gasteiger partial charge in [0.2, 0.25) is 6.29 Å². The first kappa shape index (κ1) is 21.3. The van der Waals surface area contributed by atoms with Crippen molar-refractivity contribution in [2.24, 2.45) is 0 Å². The Balaban J connectivity index is 1.57. The molecule has 0 aliphatic carbocycles. The van der Waals surface area contributed by atoms with Crippen molar-refractivity contribution in [1.29, 1.82) is 0 Å². The molecule has 10 nitrogen and oxygen atoms in total. The molecule has 1 saturated heterocycles. The summed E-state index contributed by atoms with van der Waals surface area (Å²) in [6, 6.07) is 8.44. The summed E-state index contributed by atoms with van der Waals surface area (Å²) in [7, 11) is 0. The summed E-state index contributed by atoms with van der Waals surface area (Å²) in [5.41, 5.74) is 0.824. The fourth-order valence-corrected chi connectivity index (χ4v) is 3.61. The number of fused-ring (bicyclic) bond motifs is 1. The van der Waals surface area contributed by atoms with Gasteiger partial charge in [0.15, 0.2) is 17.3 Å². The number of aliphatic hydroxyl groups is 4. The number of rotatable bonds is 4. The predicted octanol–water partition coefficient (Wildman–Crippen LogP) is -0.0170. The van der Waals surface area contributed by atoms with Crippen LogP contribution in [0.3, 0.4) is 0 Å². The first-order valence-electron chi connectivity index (χ1n) is 9.61. The molecule has 0 spiro atoms. The van der Waals surface area contributed by atoms with Gasteiger partial charge >= 0.3 is 0 Å². The minimum absolute atomic E-state index is 0.0159. The van der Waals surface area contributed by atoms with Crippen LogP contribution in [0.25, 0.3) is 0 Å². The van der Waals surface area contributed by atoms with Crippen molar-refractivity contribution in [1.82, 2.24) is 0 Å². The van der Waals surface area contributed by atoms with Gasteiger partial charge in [-0.25, -0.2) is 0 Å². The molecule has 0 radical (unpaired) electrons. The first-order valence-corrected chi connectivity index (χ1v) is 9.61. The van der Waals surface area contributed by atoms with Crippen molar-refractivity contribution >= 4 is 5.78 Å². The molecule has 2 aromatic rings. The zero-order chi connectivity index (χ0) is 22.3. The number of carbonyl (C=O) groups excluding carboxylic acids is 1. The molecule has 166 valence electrons. The molecule has 2 heterocycles. The lowest BCUT2D eigenvalue weighted by Gasteiger charge is -2.39. The Morgan fingerprint density at radius 1 is 1.00 bits per heavy atom. The fraction of sp³-hybridized carbons (Fsp3) is 0.381. The van der Waals surface area contributed by atoms with Crippen molar-refractivity contribution in [3.8, 4) is 23.0 Å². The number of phenols is 2. The third kappa shape index (κ3) is 4.03. The fourth-order valence-electron chi connectivity index (χ4n) is 3.61. The third-order valence-corrected chi connectivity index (χ3v) is 5.35. The third-order valence-electron chi connectivity index (χ3n) is 5.35. The minimum atomic E-state index is -1.65. The van der Waals surface area contributed by atoms with E-state index in [0.717, 1.165) is 0 Å². The molecule has 10 heteroatoms. The van der Waals surface area contributed by atoms with Gasteiger partial charge in [-0.15, -0.1) is 0 Å². The van der Waals surface area contributed by atoms with Gasteiger partial charge < -0.3 is 44.8 Å². The van der Waals surface area contributed by atoms with Crippen LogP contribution in [0.15, 0.2) is 36.4 Å². The highest BCUT2D eigenvalue weighted by atomic mass is 16.7. The number of hydrogen-bond acceptors (Lipinski definition) is 10. The summed E-state index contributed by atoms with van der Waals surface area (Å²) in [5, 5.41) is 59.1. The van der Waals surface area contributed by atoms with Crippen molar-refractivity contribution in [2.45, 2.75) is 43.2 Å². The van der Waals surface area contributed by atoms with E-state index in [2.05, 4.69) is 0 Å². The number of hydrogen-bond donors (Lipinski definition) is 6. The van der Waals surface area contributed by atoms with Crippen LogP contribution >= 0.6 is 0 Å². The zero-order valence-electron chi connectivity index (χ0n) is 16.2. The minimum Gasteiger partial charge on any atom is -0.508 e. The lowest BCUT2D eigenvalue weighted by molar-refractivity contribution is -0.277. The molecule has 0 aromatic heterocycles. The summed E-state index contributed by atoms with van der Waals surface area (Å²) in [4.78, 5) is 12.5. The van der Waals surface area contributed by atoms with E-state index in [9.17, 15) is 35.4 Å². The van der Waals surface area contributed by atoms with E-state index in [1.807, 2.05) is 0 Å². The Bertz CT molecular complexity index is 975. The molecular formula is C21H22O10. The monoisotopic (exact) mass is 434 g/mol. The van der Waals surface area contributed by atoms with E-state index in [-0.39, 0.29) is 35.2 Å². The summed E-state index contributed by atoms with van der Waals surface area (Å²) in [6.45, 7) is -0.624. The molecule has 2 aliphatic heterocycles. The molecule has 6 N–H and O–H groups in total. The van der Waals surface area contributed by atoms with Crippen LogP contribution < -0.4 is 9.47 Å². The van der Waals surface area contributed by atoms with Gasteiger partial charge in [0.05, 0.1) is 18.6 Å². The molecule has 0 bridgehead atoms. The Hall–Kier alpha value is -2.89. The van der Waals surface area contributed by atoms with Gasteiger partial charge in [-0.05, 0) is 29.8 Å². The van der Waals surface area contributed by atoms with Gasteiger partial charge in [-0.2, -0.15) is 0 Å². The standard InChI is InChI=1S/C21H22O10/c22-8-17-18(26)19(27)20(28)21(31-17)30-16-5-9(1-4-12(16)24)14-7-13(25)11-3-2-10(23)6-15(11)29-14/h1-6,14,17-24,26-28H,7-8H2/t14-,17-,18+,19-,20+,21+/m0/s1. The van der Waals surface area contributed by atoms with Gasteiger partial charge in [-0.3, -0.25) is 4.79 Å². The maximum atomic E-state index is 12.5. The molecule has 0 amide bonds. The van der Waals surface area contributed by atoms with Crippen molar-refractivity contribution in [3.05, 3.63) is 47.5 Å². The SMILES string of the molecule is O=C1C[C@@H](c2ccc(O)c(O[C@@H]3O[C@@H](CO)[C@@H](O)[C@H](O)[C@H]3O)c2)Oc2cc(O)ccc21. The summed E-state index contributed by atoms with van der Waals surface area (Å²) >= 11 is 0. The second-order valence-electron chi connectivity index (χ2n) is 7.46. The van der Waals surface area contributed by atoms with E-state index in [1.165, 1.54) is 36.4 Å². The topological polar surface area (TPSA) is 166 Å². The second kappa shape index (κ2) is 8.33. The van der Waals surface area contributed by atoms with Crippen LogP contribution in [0.4, 0.5) is 0 Å². The van der Waals surface area contributed by atoms with E-state index in [4.69, 9.17) is 14.2 Å². The van der Waals surface area contributed by atoms with Crippen LogP contribution in [0, 0.1) is 0 Å². The largest absolute Gasteiger partial charge is 0.508 e. The Labute approximate surface area is 176 Å². The molecule has 0 saturated carbocycles. The molecule has 2 aromatic carbocycles. The molecule has 6 atom stereocenters. The van der Waals surface area contributed by atoms with Gasteiger partial charge in [0, 0.05) is 6.07 Å². The van der Waals surface area contributed by atoms with Crippen molar-refractivity contribution in [3.63, 3.8) is 0 Å². The number of ether oxygens (including phenoxy) is 3. The highest BCUT2D eigenvalue weighted by Crippen LogP contribution is 2.39. The predicted molar refractivity (Wildman–Crippen MR) is 103 cm³/mol. The Kier molecular flexibility index (Phi) is 5.73. The van der Waals surface area contributed by atoms with E-state index < -0.39 is 43.4 Å². The lowest BCUT2D eigenvalue weighted by atomic mass is 9.96. The van der Waals surface area contributed by atoms with Crippen LogP contribution in [0.1, 0.15) is 28.4 Å².